The number of anilines is 1. The molecule has 20 heavy (non-hydrogen) atoms. The van der Waals surface area contributed by atoms with Gasteiger partial charge in [0.25, 0.3) is 0 Å². The third-order valence-electron chi connectivity index (χ3n) is 3.36. The lowest BCUT2D eigenvalue weighted by Crippen LogP contribution is -2.21. The van der Waals surface area contributed by atoms with Gasteiger partial charge in [0.2, 0.25) is 0 Å². The molecule has 0 bridgehead atoms. The van der Waals surface area contributed by atoms with Crippen molar-refractivity contribution in [1.82, 2.24) is 14.5 Å². The fourth-order valence-corrected chi connectivity index (χ4v) is 2.23. The van der Waals surface area contributed by atoms with E-state index >= 15 is 0 Å². The minimum absolute atomic E-state index is 0.252. The number of hydrogen-bond acceptors (Lipinski definition) is 4. The number of ether oxygens (including phenoxy) is 1. The molecule has 0 radical (unpaired) electrons. The van der Waals surface area contributed by atoms with Gasteiger partial charge in [-0.15, -0.1) is 0 Å². The van der Waals surface area contributed by atoms with Gasteiger partial charge in [0.1, 0.15) is 5.82 Å². The highest BCUT2D eigenvalue weighted by Crippen LogP contribution is 2.27. The minimum Gasteiger partial charge on any atom is -0.384 e. The zero-order chi connectivity index (χ0) is 14.5. The molecule has 1 atom stereocenters. The number of imidazole rings is 1. The first-order valence-corrected chi connectivity index (χ1v) is 6.95. The Balaban J connectivity index is 2.35. The third kappa shape index (κ3) is 3.17. The van der Waals surface area contributed by atoms with E-state index in [1.807, 2.05) is 31.6 Å². The van der Waals surface area contributed by atoms with Crippen LogP contribution in [0.5, 0.6) is 0 Å². The molecule has 0 saturated heterocycles. The van der Waals surface area contributed by atoms with Gasteiger partial charge < -0.3 is 15.0 Å². The van der Waals surface area contributed by atoms with Crippen molar-refractivity contribution in [1.29, 1.82) is 0 Å². The molecule has 0 spiro atoms. The van der Waals surface area contributed by atoms with Crippen LogP contribution in [-0.2, 0) is 4.74 Å². The first kappa shape index (κ1) is 14.5. The zero-order valence-electron chi connectivity index (χ0n) is 12.3. The summed E-state index contributed by atoms with van der Waals surface area (Å²) in [4.78, 5) is 8.32. The van der Waals surface area contributed by atoms with Gasteiger partial charge in [-0.3, -0.25) is 0 Å². The highest BCUT2D eigenvalue weighted by Gasteiger charge is 2.19. The average Bonchev–Trinajstić information content (AvgIpc) is 2.88. The van der Waals surface area contributed by atoms with Crippen LogP contribution in [0.3, 0.4) is 0 Å². The summed E-state index contributed by atoms with van der Waals surface area (Å²) >= 11 is 0. The van der Waals surface area contributed by atoms with Gasteiger partial charge in [-0.25, -0.2) is 9.97 Å². The van der Waals surface area contributed by atoms with Crippen molar-refractivity contribution in [3.8, 4) is 11.3 Å². The van der Waals surface area contributed by atoms with Crippen LogP contribution in [0.1, 0.15) is 26.8 Å². The predicted octanol–water partition coefficient (Wildman–Crippen LogP) is 2.76. The molecule has 5 heteroatoms. The van der Waals surface area contributed by atoms with Crippen molar-refractivity contribution >= 4 is 5.82 Å². The fraction of sp³-hybridized carbons (Fsp3) is 0.467. The Labute approximate surface area is 119 Å². The standard InChI is InChI=1S/C15H22N4O/c1-4-20-9-14(11(2)3)19-10-17-8-13(19)12-5-6-18-15(16)7-12/h5-8,10-11,14H,4,9H2,1-3H3,(H2,16,18). The smallest absolute Gasteiger partial charge is 0.123 e. The topological polar surface area (TPSA) is 66.0 Å². The molecule has 0 aliphatic carbocycles. The maximum Gasteiger partial charge on any atom is 0.123 e. The molecule has 108 valence electrons. The van der Waals surface area contributed by atoms with Crippen LogP contribution >= 0.6 is 0 Å². The number of pyridine rings is 1. The van der Waals surface area contributed by atoms with E-state index in [-0.39, 0.29) is 6.04 Å². The summed E-state index contributed by atoms with van der Waals surface area (Å²) < 4.78 is 7.77. The van der Waals surface area contributed by atoms with Gasteiger partial charge in [-0.2, -0.15) is 0 Å². The lowest BCUT2D eigenvalue weighted by molar-refractivity contribution is 0.0970. The van der Waals surface area contributed by atoms with Gasteiger partial charge in [-0.1, -0.05) is 13.8 Å². The summed E-state index contributed by atoms with van der Waals surface area (Å²) in [6.07, 6.45) is 5.43. The van der Waals surface area contributed by atoms with Gasteiger partial charge in [0, 0.05) is 18.4 Å². The molecule has 0 fully saturated rings. The van der Waals surface area contributed by atoms with Crippen LogP contribution in [0.2, 0.25) is 0 Å². The van der Waals surface area contributed by atoms with Crippen molar-refractivity contribution < 1.29 is 4.74 Å². The fourth-order valence-electron chi connectivity index (χ4n) is 2.23. The average molecular weight is 274 g/mol. The van der Waals surface area contributed by atoms with Crippen LogP contribution in [0.25, 0.3) is 11.3 Å². The maximum absolute atomic E-state index is 5.77. The van der Waals surface area contributed by atoms with E-state index in [1.54, 1.807) is 6.20 Å². The Kier molecular flexibility index (Phi) is 4.74. The molecule has 2 aromatic rings. The normalized spacial score (nSPS) is 12.8. The molecule has 0 aromatic carbocycles. The van der Waals surface area contributed by atoms with E-state index in [4.69, 9.17) is 10.5 Å². The van der Waals surface area contributed by atoms with Gasteiger partial charge in [0.05, 0.1) is 30.9 Å². The Morgan fingerprint density at radius 1 is 1.40 bits per heavy atom. The van der Waals surface area contributed by atoms with Crippen molar-refractivity contribution in [2.24, 2.45) is 5.92 Å². The van der Waals surface area contributed by atoms with Gasteiger partial charge >= 0.3 is 0 Å². The highest BCUT2D eigenvalue weighted by atomic mass is 16.5. The molecule has 0 amide bonds. The molecule has 0 aliphatic heterocycles. The minimum atomic E-state index is 0.252. The highest BCUT2D eigenvalue weighted by molar-refractivity contribution is 5.61. The van der Waals surface area contributed by atoms with E-state index in [1.165, 1.54) is 0 Å². The number of nitrogens with two attached hydrogens (primary N) is 1. The van der Waals surface area contributed by atoms with Gasteiger partial charge in [-0.05, 0) is 25.0 Å². The van der Waals surface area contributed by atoms with Crippen molar-refractivity contribution in [2.45, 2.75) is 26.8 Å². The Hall–Kier alpha value is -1.88. The van der Waals surface area contributed by atoms with Crippen molar-refractivity contribution in [3.05, 3.63) is 30.9 Å². The molecule has 0 saturated carbocycles. The molecule has 2 rings (SSSR count). The Bertz CT molecular complexity index is 550. The molecule has 2 aromatic heterocycles. The van der Waals surface area contributed by atoms with Crippen molar-refractivity contribution in [3.63, 3.8) is 0 Å². The number of nitrogens with zero attached hydrogens (tertiary/aromatic N) is 3. The summed E-state index contributed by atoms with van der Waals surface area (Å²) in [5.74, 6) is 0.967. The van der Waals surface area contributed by atoms with E-state index in [2.05, 4.69) is 28.4 Å². The lowest BCUT2D eigenvalue weighted by Gasteiger charge is -2.24. The Morgan fingerprint density at radius 2 is 2.20 bits per heavy atom. The number of nitrogen functional groups attached to an aromatic ring is 1. The molecule has 2 heterocycles. The second kappa shape index (κ2) is 6.52. The van der Waals surface area contributed by atoms with Gasteiger partial charge in [0.15, 0.2) is 0 Å². The molecule has 1 unspecified atom stereocenters. The van der Waals surface area contributed by atoms with Crippen molar-refractivity contribution in [2.75, 3.05) is 18.9 Å². The maximum atomic E-state index is 5.77. The van der Waals surface area contributed by atoms with Crippen LogP contribution in [-0.4, -0.2) is 27.7 Å². The van der Waals surface area contributed by atoms with Crippen LogP contribution in [0.15, 0.2) is 30.9 Å². The molecule has 0 aliphatic rings. The van der Waals surface area contributed by atoms with E-state index in [9.17, 15) is 0 Å². The zero-order valence-corrected chi connectivity index (χ0v) is 12.3. The van der Waals surface area contributed by atoms with E-state index in [0.717, 1.165) is 17.9 Å². The monoisotopic (exact) mass is 274 g/mol. The quantitative estimate of drug-likeness (QED) is 0.879. The Morgan fingerprint density at radius 3 is 2.85 bits per heavy atom. The lowest BCUT2D eigenvalue weighted by atomic mass is 10.0. The summed E-state index contributed by atoms with van der Waals surface area (Å²) in [6, 6.07) is 4.06. The summed E-state index contributed by atoms with van der Waals surface area (Å²) in [5.41, 5.74) is 7.83. The van der Waals surface area contributed by atoms with Crippen LogP contribution in [0.4, 0.5) is 5.82 Å². The van der Waals surface area contributed by atoms with Crippen LogP contribution in [0, 0.1) is 5.92 Å². The number of rotatable bonds is 6. The second-order valence-electron chi connectivity index (χ2n) is 5.13. The molecular weight excluding hydrogens is 252 g/mol. The summed E-state index contributed by atoms with van der Waals surface area (Å²) in [5, 5.41) is 0. The second-order valence-corrected chi connectivity index (χ2v) is 5.13. The molecule has 2 N–H and O–H groups in total. The first-order valence-electron chi connectivity index (χ1n) is 6.95. The largest absolute Gasteiger partial charge is 0.384 e. The number of hydrogen-bond donors (Lipinski definition) is 1. The summed E-state index contributed by atoms with van der Waals surface area (Å²) in [6.45, 7) is 7.78. The predicted molar refractivity (Wildman–Crippen MR) is 80.2 cm³/mol. The third-order valence-corrected chi connectivity index (χ3v) is 3.36. The number of aromatic nitrogens is 3. The van der Waals surface area contributed by atoms with E-state index in [0.29, 0.717) is 18.3 Å². The SMILES string of the molecule is CCOCC(C(C)C)n1cncc1-c1ccnc(N)c1. The molecule has 5 nitrogen and oxygen atoms in total. The molecular formula is C15H22N4O. The van der Waals surface area contributed by atoms with Crippen LogP contribution < -0.4 is 5.73 Å². The van der Waals surface area contributed by atoms with E-state index < -0.39 is 0 Å². The first-order chi connectivity index (χ1) is 9.63. The summed E-state index contributed by atoms with van der Waals surface area (Å²) in [7, 11) is 0.